The number of nitrogens with one attached hydrogen (secondary N) is 2. The minimum absolute atomic E-state index is 0. The number of hydrogen-bond acceptors (Lipinski definition) is 6. The van der Waals surface area contributed by atoms with E-state index in [0.717, 1.165) is 79.4 Å². The number of ether oxygens (including phenoxy) is 2. The normalized spacial score (nSPS) is 15.2. The first-order valence-corrected chi connectivity index (χ1v) is 10.8. The molecule has 2 N–H and O–H groups in total. The molecule has 0 bridgehead atoms. The van der Waals surface area contributed by atoms with Gasteiger partial charge in [0.05, 0.1) is 26.5 Å². The van der Waals surface area contributed by atoms with Crippen LogP contribution in [0.3, 0.4) is 0 Å². The topological polar surface area (TPSA) is 84.2 Å². The molecule has 2 heterocycles. The van der Waals surface area contributed by atoms with Gasteiger partial charge >= 0.3 is 0 Å². The maximum absolute atomic E-state index is 5.72. The maximum Gasteiger partial charge on any atom is 0.208 e. The van der Waals surface area contributed by atoms with Crippen LogP contribution in [0, 0.1) is 19.8 Å². The van der Waals surface area contributed by atoms with Gasteiger partial charge in [0, 0.05) is 20.1 Å². The van der Waals surface area contributed by atoms with Crippen molar-refractivity contribution in [2.75, 3.05) is 40.9 Å². The summed E-state index contributed by atoms with van der Waals surface area (Å²) in [6.45, 7) is 8.45. The molecule has 9 heteroatoms. The van der Waals surface area contributed by atoms with Gasteiger partial charge in [0.2, 0.25) is 5.89 Å². The number of guanidine groups is 1. The zero-order valence-electron chi connectivity index (χ0n) is 19.7. The van der Waals surface area contributed by atoms with Gasteiger partial charge in [-0.2, -0.15) is 0 Å². The third-order valence-corrected chi connectivity index (χ3v) is 5.83. The Kier molecular flexibility index (Phi) is 10.6. The summed E-state index contributed by atoms with van der Waals surface area (Å²) >= 11 is 0. The van der Waals surface area contributed by atoms with E-state index >= 15 is 0 Å². The smallest absolute Gasteiger partial charge is 0.208 e. The van der Waals surface area contributed by atoms with E-state index < -0.39 is 0 Å². The fourth-order valence-electron chi connectivity index (χ4n) is 3.78. The van der Waals surface area contributed by atoms with Crippen LogP contribution in [0.5, 0.6) is 11.5 Å². The molecular weight excluding hydrogens is 521 g/mol. The molecule has 1 aliphatic heterocycles. The fourth-order valence-corrected chi connectivity index (χ4v) is 3.78. The van der Waals surface area contributed by atoms with Gasteiger partial charge in [0.25, 0.3) is 0 Å². The van der Waals surface area contributed by atoms with Crippen molar-refractivity contribution in [3.63, 3.8) is 0 Å². The highest BCUT2D eigenvalue weighted by Gasteiger charge is 2.21. The lowest BCUT2D eigenvalue weighted by atomic mass is 9.97. The second-order valence-electron chi connectivity index (χ2n) is 7.96. The number of rotatable bonds is 8. The molecule has 3 rings (SSSR count). The molecule has 0 atom stereocenters. The second kappa shape index (κ2) is 12.9. The minimum atomic E-state index is 0. The predicted octanol–water partition coefficient (Wildman–Crippen LogP) is 3.50. The zero-order valence-corrected chi connectivity index (χ0v) is 22.1. The molecule has 1 fully saturated rings. The summed E-state index contributed by atoms with van der Waals surface area (Å²) in [6, 6.07) is 5.92. The van der Waals surface area contributed by atoms with Crippen LogP contribution in [0.1, 0.15) is 35.7 Å². The number of oxazole rings is 1. The van der Waals surface area contributed by atoms with Crippen molar-refractivity contribution in [1.82, 2.24) is 20.5 Å². The van der Waals surface area contributed by atoms with Crippen LogP contribution in [-0.2, 0) is 13.1 Å². The Labute approximate surface area is 208 Å². The van der Waals surface area contributed by atoms with E-state index in [1.54, 1.807) is 21.3 Å². The van der Waals surface area contributed by atoms with Gasteiger partial charge in [-0.25, -0.2) is 4.98 Å². The van der Waals surface area contributed by atoms with Gasteiger partial charge in [0.15, 0.2) is 17.5 Å². The Morgan fingerprint density at radius 2 is 1.88 bits per heavy atom. The fraction of sp³-hybridized carbons (Fsp3) is 0.565. The lowest BCUT2D eigenvalue weighted by molar-refractivity contribution is 0.164. The van der Waals surface area contributed by atoms with Gasteiger partial charge in [0.1, 0.15) is 5.76 Å². The molecular formula is C23H36IN5O3. The highest BCUT2D eigenvalue weighted by Crippen LogP contribution is 2.27. The lowest BCUT2D eigenvalue weighted by Gasteiger charge is -2.31. The van der Waals surface area contributed by atoms with Crippen molar-refractivity contribution in [3.05, 3.63) is 41.1 Å². The van der Waals surface area contributed by atoms with Crippen molar-refractivity contribution in [3.8, 4) is 11.5 Å². The monoisotopic (exact) mass is 557 g/mol. The van der Waals surface area contributed by atoms with Crippen LogP contribution in [0.4, 0.5) is 0 Å². The standard InChI is InChI=1S/C23H35N5O3.HI/c1-16-17(2)31-22(27-16)15-28-10-8-18(9-11-28)13-25-23(24-3)26-14-19-6-7-20(29-4)21(12-19)30-5;/h6-7,12,18H,8-11,13-15H2,1-5H3,(H2,24,25,26);1H. The molecule has 32 heavy (non-hydrogen) atoms. The SMILES string of the molecule is CN=C(NCc1ccc(OC)c(OC)c1)NCC1CCN(Cc2nc(C)c(C)o2)CC1.I. The van der Waals surface area contributed by atoms with Gasteiger partial charge < -0.3 is 24.5 Å². The van der Waals surface area contributed by atoms with Crippen LogP contribution in [0.2, 0.25) is 0 Å². The number of aliphatic imine (C=N–C) groups is 1. The average Bonchev–Trinajstić information content (AvgIpc) is 3.11. The van der Waals surface area contributed by atoms with Crippen LogP contribution in [0.15, 0.2) is 27.6 Å². The van der Waals surface area contributed by atoms with Crippen molar-refractivity contribution in [1.29, 1.82) is 0 Å². The van der Waals surface area contributed by atoms with Gasteiger partial charge in [-0.05, 0) is 63.4 Å². The molecule has 1 aromatic carbocycles. The summed E-state index contributed by atoms with van der Waals surface area (Å²) in [5.41, 5.74) is 2.09. The summed E-state index contributed by atoms with van der Waals surface area (Å²) in [6.07, 6.45) is 2.30. The number of likely N-dealkylation sites (tertiary alicyclic amines) is 1. The van der Waals surface area contributed by atoms with Crippen molar-refractivity contribution in [2.24, 2.45) is 10.9 Å². The van der Waals surface area contributed by atoms with Crippen LogP contribution >= 0.6 is 24.0 Å². The largest absolute Gasteiger partial charge is 0.493 e. The Bertz CT molecular complexity index is 859. The van der Waals surface area contributed by atoms with Crippen LogP contribution < -0.4 is 20.1 Å². The molecule has 1 aliphatic rings. The first-order valence-electron chi connectivity index (χ1n) is 10.8. The van der Waals surface area contributed by atoms with Gasteiger partial charge in [-0.1, -0.05) is 6.07 Å². The van der Waals surface area contributed by atoms with Crippen molar-refractivity contribution in [2.45, 2.75) is 39.8 Å². The molecule has 1 aromatic heterocycles. The number of methoxy groups -OCH3 is 2. The maximum atomic E-state index is 5.72. The molecule has 0 amide bonds. The van der Waals surface area contributed by atoms with Crippen LogP contribution in [0.25, 0.3) is 0 Å². The Morgan fingerprint density at radius 3 is 2.47 bits per heavy atom. The summed E-state index contributed by atoms with van der Waals surface area (Å²) in [4.78, 5) is 11.3. The highest BCUT2D eigenvalue weighted by atomic mass is 127. The predicted molar refractivity (Wildman–Crippen MR) is 137 cm³/mol. The molecule has 8 nitrogen and oxygen atoms in total. The summed E-state index contributed by atoms with van der Waals surface area (Å²) < 4.78 is 16.4. The molecule has 0 spiro atoms. The minimum Gasteiger partial charge on any atom is -0.493 e. The van der Waals surface area contributed by atoms with E-state index in [2.05, 4.69) is 25.5 Å². The lowest BCUT2D eigenvalue weighted by Crippen LogP contribution is -2.42. The summed E-state index contributed by atoms with van der Waals surface area (Å²) in [5.74, 6) is 4.64. The number of nitrogens with zero attached hydrogens (tertiary/aromatic N) is 3. The zero-order chi connectivity index (χ0) is 22.2. The number of aromatic nitrogens is 1. The van der Waals surface area contributed by atoms with E-state index in [0.29, 0.717) is 12.5 Å². The van der Waals surface area contributed by atoms with E-state index in [1.807, 2.05) is 32.0 Å². The van der Waals surface area contributed by atoms with E-state index in [4.69, 9.17) is 13.9 Å². The van der Waals surface area contributed by atoms with Crippen molar-refractivity contribution < 1.29 is 13.9 Å². The number of piperidine rings is 1. The molecule has 178 valence electrons. The van der Waals surface area contributed by atoms with E-state index in [-0.39, 0.29) is 24.0 Å². The highest BCUT2D eigenvalue weighted by molar-refractivity contribution is 14.0. The van der Waals surface area contributed by atoms with Gasteiger partial charge in [-0.15, -0.1) is 24.0 Å². The third kappa shape index (κ3) is 7.26. The quantitative estimate of drug-likeness (QED) is 0.292. The molecule has 0 radical (unpaired) electrons. The molecule has 1 saturated heterocycles. The molecule has 0 aliphatic carbocycles. The second-order valence-corrected chi connectivity index (χ2v) is 7.96. The third-order valence-electron chi connectivity index (χ3n) is 5.83. The van der Waals surface area contributed by atoms with E-state index in [1.165, 1.54) is 0 Å². The van der Waals surface area contributed by atoms with Gasteiger partial charge in [-0.3, -0.25) is 9.89 Å². The number of aryl methyl sites for hydroxylation is 2. The molecule has 2 aromatic rings. The first kappa shape index (κ1) is 26.2. The Balaban J connectivity index is 0.00000363. The average molecular weight is 557 g/mol. The molecule has 0 unspecified atom stereocenters. The number of halogens is 1. The Morgan fingerprint density at radius 1 is 1.16 bits per heavy atom. The Hall–Kier alpha value is -2.01. The number of benzene rings is 1. The van der Waals surface area contributed by atoms with E-state index in [9.17, 15) is 0 Å². The molecule has 0 saturated carbocycles. The van der Waals surface area contributed by atoms with Crippen molar-refractivity contribution >= 4 is 29.9 Å². The summed E-state index contributed by atoms with van der Waals surface area (Å²) in [5, 5.41) is 6.84. The first-order chi connectivity index (χ1) is 15.0. The summed E-state index contributed by atoms with van der Waals surface area (Å²) in [7, 11) is 5.09. The van der Waals surface area contributed by atoms with Crippen LogP contribution in [-0.4, -0.2) is 56.7 Å². The number of hydrogen-bond donors (Lipinski definition) is 2.